The first kappa shape index (κ1) is 30.8. The fourth-order valence-corrected chi connectivity index (χ4v) is 4.98. The van der Waals surface area contributed by atoms with Crippen molar-refractivity contribution >= 4 is 41.5 Å². The number of carbonyl (C=O) groups excluding carboxylic acids is 7. The molecule has 2 spiro atoms. The number of piperidine rings is 2. The number of methoxy groups -OCH3 is 1. The second-order valence-electron chi connectivity index (χ2n) is 12.8. The molecular weight excluding hydrogens is 528 g/mol. The van der Waals surface area contributed by atoms with Crippen LogP contribution in [-0.4, -0.2) is 107 Å². The summed E-state index contributed by atoms with van der Waals surface area (Å²) < 4.78 is 14.9. The molecular formula is C26H38N4O10. The van der Waals surface area contributed by atoms with Crippen LogP contribution in [0.5, 0.6) is 0 Å². The molecule has 4 aliphatic heterocycles. The summed E-state index contributed by atoms with van der Waals surface area (Å²) in [5.41, 5.74) is -2.49. The molecule has 4 amide bonds. The van der Waals surface area contributed by atoms with E-state index in [2.05, 4.69) is 15.4 Å². The van der Waals surface area contributed by atoms with Gasteiger partial charge in [0.25, 0.3) is 0 Å². The fourth-order valence-electron chi connectivity index (χ4n) is 4.98. The zero-order chi connectivity index (χ0) is 30.3. The van der Waals surface area contributed by atoms with E-state index in [1.165, 1.54) is 9.80 Å². The van der Waals surface area contributed by atoms with Crippen LogP contribution in [0.15, 0.2) is 0 Å². The topological polar surface area (TPSA) is 178 Å². The molecule has 4 fully saturated rings. The number of hydrogen-bond acceptors (Lipinski definition) is 10. The summed E-state index contributed by atoms with van der Waals surface area (Å²) >= 11 is 0. The third-order valence-electron chi connectivity index (χ3n) is 6.50. The van der Waals surface area contributed by atoms with E-state index < -0.39 is 58.0 Å². The van der Waals surface area contributed by atoms with Gasteiger partial charge in [0, 0.05) is 39.0 Å². The predicted molar refractivity (Wildman–Crippen MR) is 137 cm³/mol. The van der Waals surface area contributed by atoms with Crippen LogP contribution in [0.1, 0.15) is 60.8 Å². The molecule has 0 aromatic carbocycles. The molecule has 222 valence electrons. The number of nitrogens with one attached hydrogen (secondary N) is 2. The molecule has 14 nitrogen and oxygen atoms in total. The highest BCUT2D eigenvalue weighted by Crippen LogP contribution is 2.32. The van der Waals surface area contributed by atoms with Crippen LogP contribution in [0, 0.1) is 5.92 Å². The van der Waals surface area contributed by atoms with Crippen molar-refractivity contribution in [3.63, 3.8) is 0 Å². The predicted octanol–water partition coefficient (Wildman–Crippen LogP) is 0.309. The number of rotatable bonds is 1. The Balaban J connectivity index is 0.000000225. The van der Waals surface area contributed by atoms with Crippen molar-refractivity contribution in [2.24, 2.45) is 5.92 Å². The van der Waals surface area contributed by atoms with E-state index in [1.54, 1.807) is 41.5 Å². The summed E-state index contributed by atoms with van der Waals surface area (Å²) in [4.78, 5) is 84.7. The monoisotopic (exact) mass is 566 g/mol. The molecule has 4 aliphatic rings. The van der Waals surface area contributed by atoms with E-state index in [-0.39, 0.29) is 37.6 Å². The van der Waals surface area contributed by atoms with E-state index in [0.717, 1.165) is 7.11 Å². The Morgan fingerprint density at radius 2 is 1.23 bits per heavy atom. The molecule has 14 heteroatoms. The van der Waals surface area contributed by atoms with Crippen molar-refractivity contribution in [3.05, 3.63) is 0 Å². The minimum absolute atomic E-state index is 0.00218. The number of nitrogens with zero attached hydrogens (tertiary/aromatic N) is 2. The number of Topliss-reactive ketones (excluding diaryl/α,β-unsaturated/α-hetero) is 2. The zero-order valence-electron chi connectivity index (χ0n) is 24.0. The second kappa shape index (κ2) is 10.7. The van der Waals surface area contributed by atoms with Gasteiger partial charge in [0.05, 0.1) is 24.6 Å². The van der Waals surface area contributed by atoms with Gasteiger partial charge in [0.2, 0.25) is 11.8 Å². The highest BCUT2D eigenvalue weighted by molar-refractivity contribution is 6.18. The molecule has 0 radical (unpaired) electrons. The number of likely N-dealkylation sites (tertiary alicyclic amines) is 2. The summed E-state index contributed by atoms with van der Waals surface area (Å²) in [6.45, 7) is 11.7. The van der Waals surface area contributed by atoms with Gasteiger partial charge in [-0.2, -0.15) is 0 Å². The molecule has 4 rings (SSSR count). The molecule has 1 atom stereocenters. The van der Waals surface area contributed by atoms with Gasteiger partial charge in [-0.25, -0.2) is 9.59 Å². The van der Waals surface area contributed by atoms with Crippen LogP contribution in [0.3, 0.4) is 0 Å². The Labute approximate surface area is 232 Å². The van der Waals surface area contributed by atoms with Crippen LogP contribution in [0.4, 0.5) is 9.59 Å². The Bertz CT molecular complexity index is 1070. The van der Waals surface area contributed by atoms with Crippen LogP contribution in [0.2, 0.25) is 0 Å². The molecule has 2 N–H and O–H groups in total. The quantitative estimate of drug-likeness (QED) is 0.255. The smallest absolute Gasteiger partial charge is 0.410 e. The van der Waals surface area contributed by atoms with Crippen LogP contribution in [-0.2, 0) is 38.2 Å². The van der Waals surface area contributed by atoms with E-state index in [4.69, 9.17) is 9.47 Å². The first-order chi connectivity index (χ1) is 18.3. The first-order valence-electron chi connectivity index (χ1n) is 13.0. The minimum atomic E-state index is -1.41. The molecule has 0 aliphatic carbocycles. The largest absolute Gasteiger partial charge is 0.468 e. The van der Waals surface area contributed by atoms with E-state index >= 15 is 0 Å². The van der Waals surface area contributed by atoms with Gasteiger partial charge in [0.15, 0.2) is 11.7 Å². The number of ether oxygens (including phenoxy) is 3. The molecule has 4 saturated heterocycles. The maximum atomic E-state index is 12.0. The van der Waals surface area contributed by atoms with Gasteiger partial charge in [-0.05, 0) is 41.5 Å². The second-order valence-corrected chi connectivity index (χ2v) is 12.8. The Morgan fingerprint density at radius 1 is 0.775 bits per heavy atom. The van der Waals surface area contributed by atoms with Crippen LogP contribution < -0.4 is 10.6 Å². The molecule has 1 unspecified atom stereocenters. The maximum absolute atomic E-state index is 12.0. The van der Waals surface area contributed by atoms with E-state index in [1.807, 2.05) is 0 Å². The molecule has 0 bridgehead atoms. The number of esters is 1. The van der Waals surface area contributed by atoms with Gasteiger partial charge >= 0.3 is 18.2 Å². The lowest BCUT2D eigenvalue weighted by atomic mass is 9.77. The van der Waals surface area contributed by atoms with Gasteiger partial charge in [-0.15, -0.1) is 0 Å². The molecule has 0 aromatic heterocycles. The standard InChI is InChI=1S/C14H20N2O6.C12H18N2O4/c1-13(2,3)22-12(20)16-6-14(7-16)5-8(17)9(10(18)15-14)11(19)21-4;1-11(2,3)18-10(17)14-6-12(7-14)5-8(15)4-9(16)13-12/h9H,5-7H2,1-4H3,(H,15,18);4-7H2,1-3H3,(H,13,16). The SMILES string of the molecule is CC(C)(C)OC(=O)N1CC2(CC(=O)CC(=O)N2)C1.COC(=O)C1C(=O)CC2(CN(C(=O)OC(C)(C)C)C2)NC1=O. The highest BCUT2D eigenvalue weighted by Gasteiger charge is 2.55. The number of ketones is 2. The zero-order valence-corrected chi connectivity index (χ0v) is 24.0. The Hall–Kier alpha value is -3.71. The van der Waals surface area contributed by atoms with Crippen molar-refractivity contribution in [2.45, 2.75) is 83.1 Å². The molecule has 4 heterocycles. The summed E-state index contributed by atoms with van der Waals surface area (Å²) in [6, 6.07) is 0. The van der Waals surface area contributed by atoms with Crippen molar-refractivity contribution in [3.8, 4) is 0 Å². The van der Waals surface area contributed by atoms with Crippen LogP contribution >= 0.6 is 0 Å². The average Bonchev–Trinajstić information content (AvgIpc) is 2.72. The Kier molecular flexibility index (Phi) is 8.24. The summed E-state index contributed by atoms with van der Waals surface area (Å²) in [7, 11) is 1.13. The van der Waals surface area contributed by atoms with Gasteiger partial charge in [-0.3, -0.25) is 24.0 Å². The molecule has 0 aromatic rings. The lowest BCUT2D eigenvalue weighted by Crippen LogP contribution is -2.75. The third-order valence-corrected chi connectivity index (χ3v) is 6.50. The molecule has 40 heavy (non-hydrogen) atoms. The number of hydrogen-bond donors (Lipinski definition) is 2. The van der Waals surface area contributed by atoms with Crippen LogP contribution in [0.25, 0.3) is 0 Å². The fraction of sp³-hybridized carbons (Fsp3) is 0.731. The summed E-state index contributed by atoms with van der Waals surface area (Å²) in [6.07, 6.45) is -0.639. The van der Waals surface area contributed by atoms with Gasteiger partial charge < -0.3 is 34.6 Å². The van der Waals surface area contributed by atoms with Crippen molar-refractivity contribution in [1.82, 2.24) is 20.4 Å². The summed E-state index contributed by atoms with van der Waals surface area (Å²) in [5.74, 6) is -3.75. The van der Waals surface area contributed by atoms with E-state index in [0.29, 0.717) is 19.5 Å². The average molecular weight is 567 g/mol. The number of amides is 4. The summed E-state index contributed by atoms with van der Waals surface area (Å²) in [5, 5.41) is 5.46. The lowest BCUT2D eigenvalue weighted by Gasteiger charge is -2.52. The Morgan fingerprint density at radius 3 is 1.60 bits per heavy atom. The molecule has 0 saturated carbocycles. The minimum Gasteiger partial charge on any atom is -0.468 e. The van der Waals surface area contributed by atoms with Crippen molar-refractivity contribution < 1.29 is 47.8 Å². The van der Waals surface area contributed by atoms with Crippen molar-refractivity contribution in [2.75, 3.05) is 33.3 Å². The number of carbonyl (C=O) groups is 7. The highest BCUT2D eigenvalue weighted by atomic mass is 16.6. The first-order valence-corrected chi connectivity index (χ1v) is 13.0. The van der Waals surface area contributed by atoms with Gasteiger partial charge in [0.1, 0.15) is 17.0 Å². The van der Waals surface area contributed by atoms with Crippen molar-refractivity contribution in [1.29, 1.82) is 0 Å². The normalized spacial score (nSPS) is 23.1. The lowest BCUT2D eigenvalue weighted by molar-refractivity contribution is -0.159. The van der Waals surface area contributed by atoms with E-state index in [9.17, 15) is 33.6 Å². The van der Waals surface area contributed by atoms with Gasteiger partial charge in [-0.1, -0.05) is 0 Å². The third kappa shape index (κ3) is 7.27. The maximum Gasteiger partial charge on any atom is 0.410 e.